The van der Waals surface area contributed by atoms with Crippen molar-refractivity contribution in [3.8, 4) is 5.75 Å². The summed E-state index contributed by atoms with van der Waals surface area (Å²) >= 11 is 1.20. The van der Waals surface area contributed by atoms with Gasteiger partial charge < -0.3 is 10.1 Å². The maximum absolute atomic E-state index is 11.2. The van der Waals surface area contributed by atoms with Gasteiger partial charge in [-0.15, -0.1) is 0 Å². The number of phenols is 1. The third kappa shape index (κ3) is 1.74. The molecule has 5 nitrogen and oxygen atoms in total. The first kappa shape index (κ1) is 11.2. The monoisotopic (exact) mass is 261 g/mol. The number of thioether (sulfide) groups is 1. The van der Waals surface area contributed by atoms with Gasteiger partial charge in [0.2, 0.25) is 0 Å². The molecule has 1 aliphatic heterocycles. The van der Waals surface area contributed by atoms with Gasteiger partial charge in [-0.25, -0.2) is 5.43 Å². The maximum atomic E-state index is 11.2. The van der Waals surface area contributed by atoms with Crippen molar-refractivity contribution in [3.05, 3.63) is 30.0 Å². The van der Waals surface area contributed by atoms with E-state index in [0.29, 0.717) is 0 Å². The van der Waals surface area contributed by atoms with Gasteiger partial charge in [0.15, 0.2) is 0 Å². The van der Waals surface area contributed by atoms with Gasteiger partial charge in [0, 0.05) is 22.7 Å². The number of nitrogens with zero attached hydrogens (tertiary/aromatic N) is 1. The minimum atomic E-state index is -0.145. The number of carbonyl (C=O) groups excluding carboxylic acids is 1. The number of hydrazone groups is 1. The average molecular weight is 261 g/mol. The number of benzene rings is 1. The van der Waals surface area contributed by atoms with Crippen LogP contribution in [-0.4, -0.2) is 26.3 Å². The molecule has 1 aliphatic rings. The van der Waals surface area contributed by atoms with E-state index in [1.165, 1.54) is 11.8 Å². The van der Waals surface area contributed by atoms with Crippen LogP contribution in [0.1, 0.15) is 12.5 Å². The van der Waals surface area contributed by atoms with Crippen molar-refractivity contribution in [2.45, 2.75) is 12.2 Å². The largest absolute Gasteiger partial charge is 0.508 e. The van der Waals surface area contributed by atoms with Crippen molar-refractivity contribution in [1.29, 1.82) is 0 Å². The van der Waals surface area contributed by atoms with Crippen LogP contribution in [0.15, 0.2) is 29.5 Å². The second-order valence-electron chi connectivity index (χ2n) is 4.09. The van der Waals surface area contributed by atoms with Gasteiger partial charge in [-0.05, 0) is 25.1 Å². The summed E-state index contributed by atoms with van der Waals surface area (Å²) in [5.74, 6) is 0.212. The molecule has 3 rings (SSSR count). The quantitative estimate of drug-likeness (QED) is 0.737. The van der Waals surface area contributed by atoms with Crippen LogP contribution < -0.4 is 5.43 Å². The highest BCUT2D eigenvalue weighted by atomic mass is 32.2. The summed E-state index contributed by atoms with van der Waals surface area (Å²) in [7, 11) is 0. The lowest BCUT2D eigenvalue weighted by Crippen LogP contribution is -2.29. The number of phenolic OH excluding ortho intramolecular Hbond substituents is 1. The molecule has 3 N–H and O–H groups in total. The van der Waals surface area contributed by atoms with Crippen molar-refractivity contribution < 1.29 is 9.90 Å². The predicted octanol–water partition coefficient (Wildman–Crippen LogP) is 2.42. The van der Waals surface area contributed by atoms with Crippen LogP contribution in [0.5, 0.6) is 5.75 Å². The Hall–Kier alpha value is -1.95. The van der Waals surface area contributed by atoms with Crippen LogP contribution in [0, 0.1) is 0 Å². The maximum Gasteiger partial charge on any atom is 0.299 e. The molecule has 18 heavy (non-hydrogen) atoms. The molecule has 1 aromatic heterocycles. The van der Waals surface area contributed by atoms with Gasteiger partial charge in [-0.3, -0.25) is 4.79 Å². The Morgan fingerprint density at radius 2 is 2.28 bits per heavy atom. The highest BCUT2D eigenvalue weighted by molar-refractivity contribution is 8.14. The van der Waals surface area contributed by atoms with Gasteiger partial charge in [0.25, 0.3) is 5.24 Å². The molecular weight excluding hydrogens is 250 g/mol. The Bertz CT molecular complexity index is 662. The second kappa shape index (κ2) is 4.06. The summed E-state index contributed by atoms with van der Waals surface area (Å²) in [6.45, 7) is 1.93. The van der Waals surface area contributed by atoms with Gasteiger partial charge in [0.1, 0.15) is 5.75 Å². The van der Waals surface area contributed by atoms with Gasteiger partial charge >= 0.3 is 0 Å². The lowest BCUT2D eigenvalue weighted by atomic mass is 10.1. The van der Waals surface area contributed by atoms with E-state index in [-0.39, 0.29) is 16.2 Å². The lowest BCUT2D eigenvalue weighted by molar-refractivity contribution is 0.261. The van der Waals surface area contributed by atoms with Gasteiger partial charge in [-0.2, -0.15) is 5.10 Å². The van der Waals surface area contributed by atoms with Crippen LogP contribution in [0.4, 0.5) is 4.79 Å². The first-order chi connectivity index (χ1) is 8.65. The molecule has 2 aromatic rings. The number of aromatic hydroxyl groups is 1. The fraction of sp³-hybridized carbons (Fsp3) is 0.167. The van der Waals surface area contributed by atoms with E-state index >= 15 is 0 Å². The summed E-state index contributed by atoms with van der Waals surface area (Å²) in [5.41, 5.74) is 5.10. The molecule has 1 amide bonds. The fourth-order valence-electron chi connectivity index (χ4n) is 2.04. The Morgan fingerprint density at radius 3 is 3.06 bits per heavy atom. The first-order valence-corrected chi connectivity index (χ1v) is 6.38. The number of amides is 1. The molecule has 1 aromatic carbocycles. The van der Waals surface area contributed by atoms with Gasteiger partial charge in [-0.1, -0.05) is 11.8 Å². The second-order valence-corrected chi connectivity index (χ2v) is 5.40. The SMILES string of the molecule is CC1SC(=O)NN=C1c1c[nH]c2ccc(O)cc12. The highest BCUT2D eigenvalue weighted by Gasteiger charge is 2.24. The fourth-order valence-corrected chi connectivity index (χ4v) is 2.75. The standard InChI is InChI=1S/C12H11N3O2S/c1-6-11(14-15-12(17)18-6)9-5-13-10-3-2-7(16)4-8(9)10/h2-6,13,16H,1H3,(H,15,17). The minimum absolute atomic E-state index is 0.0138. The molecule has 0 aliphatic carbocycles. The number of carbonyl (C=O) groups is 1. The molecule has 2 heterocycles. The van der Waals surface area contributed by atoms with Crippen LogP contribution in [0.2, 0.25) is 0 Å². The van der Waals surface area contributed by atoms with Crippen molar-refractivity contribution in [2.75, 3.05) is 0 Å². The first-order valence-electron chi connectivity index (χ1n) is 5.50. The molecular formula is C12H11N3O2S. The van der Waals surface area contributed by atoms with Crippen LogP contribution in [-0.2, 0) is 0 Å². The summed E-state index contributed by atoms with van der Waals surface area (Å²) < 4.78 is 0. The molecule has 0 radical (unpaired) electrons. The number of nitrogens with one attached hydrogen (secondary N) is 2. The van der Waals surface area contributed by atoms with E-state index in [1.807, 2.05) is 19.2 Å². The summed E-state index contributed by atoms with van der Waals surface area (Å²) in [6.07, 6.45) is 1.84. The predicted molar refractivity (Wildman–Crippen MR) is 72.1 cm³/mol. The lowest BCUT2D eigenvalue weighted by Gasteiger charge is -2.17. The molecule has 0 fully saturated rings. The molecule has 0 bridgehead atoms. The van der Waals surface area contributed by atoms with Crippen molar-refractivity contribution in [1.82, 2.24) is 10.4 Å². The number of H-pyrrole nitrogens is 1. The van der Waals surface area contributed by atoms with E-state index in [4.69, 9.17) is 0 Å². The number of rotatable bonds is 1. The average Bonchev–Trinajstić information content (AvgIpc) is 2.72. The van der Waals surface area contributed by atoms with E-state index in [2.05, 4.69) is 15.5 Å². The molecule has 0 spiro atoms. The van der Waals surface area contributed by atoms with E-state index in [0.717, 1.165) is 22.2 Å². The van der Waals surface area contributed by atoms with E-state index < -0.39 is 0 Å². The summed E-state index contributed by atoms with van der Waals surface area (Å²) in [5, 5.41) is 14.4. The third-order valence-corrected chi connectivity index (χ3v) is 3.76. The smallest absolute Gasteiger partial charge is 0.299 e. The van der Waals surface area contributed by atoms with E-state index in [1.54, 1.807) is 12.1 Å². The van der Waals surface area contributed by atoms with Crippen molar-refractivity contribution >= 4 is 33.6 Å². The number of hydrogen-bond acceptors (Lipinski definition) is 4. The van der Waals surface area contributed by atoms with Crippen LogP contribution in [0.3, 0.4) is 0 Å². The van der Waals surface area contributed by atoms with Gasteiger partial charge in [0.05, 0.1) is 11.0 Å². The molecule has 0 saturated heterocycles. The van der Waals surface area contributed by atoms with Crippen LogP contribution >= 0.6 is 11.8 Å². The zero-order valence-electron chi connectivity index (χ0n) is 9.60. The summed E-state index contributed by atoms with van der Waals surface area (Å²) in [6, 6.07) is 5.14. The molecule has 0 saturated carbocycles. The minimum Gasteiger partial charge on any atom is -0.508 e. The Kier molecular flexibility index (Phi) is 2.52. The highest BCUT2D eigenvalue weighted by Crippen LogP contribution is 2.28. The van der Waals surface area contributed by atoms with Crippen molar-refractivity contribution in [2.24, 2.45) is 5.10 Å². The Balaban J connectivity index is 2.14. The van der Waals surface area contributed by atoms with E-state index in [9.17, 15) is 9.90 Å². The number of fused-ring (bicyclic) bond motifs is 1. The molecule has 1 unspecified atom stereocenters. The zero-order chi connectivity index (χ0) is 12.7. The third-order valence-electron chi connectivity index (χ3n) is 2.88. The number of aromatic amines is 1. The number of aromatic nitrogens is 1. The Labute approximate surface area is 107 Å². The number of hydrogen-bond donors (Lipinski definition) is 3. The van der Waals surface area contributed by atoms with Crippen LogP contribution in [0.25, 0.3) is 10.9 Å². The molecule has 92 valence electrons. The summed E-state index contributed by atoms with van der Waals surface area (Å²) in [4.78, 5) is 14.3. The zero-order valence-corrected chi connectivity index (χ0v) is 10.4. The topological polar surface area (TPSA) is 77.5 Å². The normalized spacial score (nSPS) is 19.7. The van der Waals surface area contributed by atoms with Crippen molar-refractivity contribution in [3.63, 3.8) is 0 Å². The Morgan fingerprint density at radius 1 is 1.44 bits per heavy atom. The molecule has 1 atom stereocenters. The molecule has 6 heteroatoms.